The lowest BCUT2D eigenvalue weighted by Gasteiger charge is -2.22. The van der Waals surface area contributed by atoms with E-state index in [2.05, 4.69) is 4.98 Å². The van der Waals surface area contributed by atoms with Gasteiger partial charge in [0.15, 0.2) is 11.2 Å². The van der Waals surface area contributed by atoms with Gasteiger partial charge in [-0.2, -0.15) is 0 Å². The summed E-state index contributed by atoms with van der Waals surface area (Å²) in [6.45, 7) is 4.59. The lowest BCUT2D eigenvalue weighted by Crippen LogP contribution is -2.38. The first-order valence-electron chi connectivity index (χ1n) is 8.16. The molecule has 136 valence electrons. The number of nitrogens with zero attached hydrogens (tertiary/aromatic N) is 5. The standard InChI is InChI=1S/C16H23N5O4/c1-5-6-20(12(23)9-11(2)22)7-8-21-10-17-14-13(21)15(24)19(4)16(25)18(14)3/h10H,5-9H2,1-4H3. The molecular weight excluding hydrogens is 326 g/mol. The summed E-state index contributed by atoms with van der Waals surface area (Å²) in [6.07, 6.45) is 2.14. The van der Waals surface area contributed by atoms with Crippen molar-refractivity contribution in [1.29, 1.82) is 0 Å². The summed E-state index contributed by atoms with van der Waals surface area (Å²) in [4.78, 5) is 53.4. The van der Waals surface area contributed by atoms with Crippen molar-refractivity contribution in [1.82, 2.24) is 23.6 Å². The first kappa shape index (κ1) is 18.6. The van der Waals surface area contributed by atoms with Gasteiger partial charge in [-0.25, -0.2) is 9.78 Å². The van der Waals surface area contributed by atoms with Crippen LogP contribution in [-0.2, 0) is 30.2 Å². The molecule has 0 aliphatic carbocycles. The first-order valence-corrected chi connectivity index (χ1v) is 8.16. The molecule has 0 spiro atoms. The molecule has 0 aromatic carbocycles. The van der Waals surface area contributed by atoms with Crippen molar-refractivity contribution in [2.45, 2.75) is 33.2 Å². The summed E-state index contributed by atoms with van der Waals surface area (Å²) >= 11 is 0. The summed E-state index contributed by atoms with van der Waals surface area (Å²) in [5, 5.41) is 0. The molecule has 2 heterocycles. The normalized spacial score (nSPS) is 11.0. The maximum atomic E-state index is 12.4. The minimum absolute atomic E-state index is 0.124. The van der Waals surface area contributed by atoms with E-state index in [0.717, 1.165) is 11.0 Å². The molecule has 0 saturated carbocycles. The van der Waals surface area contributed by atoms with E-state index in [9.17, 15) is 19.2 Å². The number of rotatable bonds is 7. The van der Waals surface area contributed by atoms with Crippen LogP contribution >= 0.6 is 0 Å². The summed E-state index contributed by atoms with van der Waals surface area (Å²) in [6, 6.07) is 0. The largest absolute Gasteiger partial charge is 0.341 e. The molecule has 9 nitrogen and oxygen atoms in total. The molecular formula is C16H23N5O4. The monoisotopic (exact) mass is 349 g/mol. The van der Waals surface area contributed by atoms with E-state index in [1.807, 2.05) is 6.92 Å². The minimum Gasteiger partial charge on any atom is -0.341 e. The molecule has 0 aliphatic rings. The second kappa shape index (κ2) is 7.45. The van der Waals surface area contributed by atoms with Gasteiger partial charge in [-0.15, -0.1) is 0 Å². The number of carbonyl (C=O) groups is 2. The fraction of sp³-hybridized carbons (Fsp3) is 0.562. The lowest BCUT2D eigenvalue weighted by atomic mass is 10.2. The highest BCUT2D eigenvalue weighted by molar-refractivity contribution is 5.96. The molecule has 2 rings (SSSR count). The van der Waals surface area contributed by atoms with Crippen molar-refractivity contribution >= 4 is 22.9 Å². The smallest absolute Gasteiger partial charge is 0.332 e. The van der Waals surface area contributed by atoms with Crippen LogP contribution in [0.4, 0.5) is 0 Å². The number of aryl methyl sites for hydroxylation is 1. The van der Waals surface area contributed by atoms with Crippen LogP contribution in [0, 0.1) is 0 Å². The van der Waals surface area contributed by atoms with Crippen LogP contribution < -0.4 is 11.2 Å². The zero-order valence-corrected chi connectivity index (χ0v) is 15.0. The maximum Gasteiger partial charge on any atom is 0.332 e. The molecule has 0 N–H and O–H groups in total. The Balaban J connectivity index is 2.31. The van der Waals surface area contributed by atoms with E-state index in [0.29, 0.717) is 30.8 Å². The second-order valence-corrected chi connectivity index (χ2v) is 6.08. The van der Waals surface area contributed by atoms with E-state index in [4.69, 9.17) is 0 Å². The Kier molecular flexibility index (Phi) is 5.55. The molecule has 1 amide bonds. The zero-order chi connectivity index (χ0) is 18.7. The Bertz CT molecular complexity index is 921. The van der Waals surface area contributed by atoms with Gasteiger partial charge in [0.25, 0.3) is 5.56 Å². The average Bonchev–Trinajstić information content (AvgIpc) is 2.98. The Morgan fingerprint density at radius 1 is 1.16 bits per heavy atom. The van der Waals surface area contributed by atoms with Crippen LogP contribution in [0.1, 0.15) is 26.7 Å². The van der Waals surface area contributed by atoms with E-state index < -0.39 is 11.2 Å². The number of fused-ring (bicyclic) bond motifs is 1. The molecule has 0 saturated heterocycles. The number of aromatic nitrogens is 4. The predicted octanol–water partition coefficient (Wildman–Crippen LogP) is -0.349. The van der Waals surface area contributed by atoms with E-state index in [1.165, 1.54) is 24.9 Å². The van der Waals surface area contributed by atoms with Gasteiger partial charge in [-0.05, 0) is 13.3 Å². The van der Waals surface area contributed by atoms with Crippen molar-refractivity contribution < 1.29 is 9.59 Å². The lowest BCUT2D eigenvalue weighted by molar-refractivity contribution is -0.135. The summed E-state index contributed by atoms with van der Waals surface area (Å²) in [5.41, 5.74) is -0.232. The number of Topliss-reactive ketones (excluding diaryl/α,β-unsaturated/α-hetero) is 1. The van der Waals surface area contributed by atoms with Crippen LogP contribution in [0.5, 0.6) is 0 Å². The van der Waals surface area contributed by atoms with E-state index in [-0.39, 0.29) is 18.1 Å². The molecule has 0 radical (unpaired) electrons. The third-order valence-electron chi connectivity index (χ3n) is 4.07. The maximum absolute atomic E-state index is 12.4. The molecule has 2 aromatic heterocycles. The number of amides is 1. The third kappa shape index (κ3) is 3.70. The molecule has 2 aromatic rings. The minimum atomic E-state index is -0.438. The van der Waals surface area contributed by atoms with Crippen molar-refractivity contribution in [3.8, 4) is 0 Å². The Morgan fingerprint density at radius 2 is 1.84 bits per heavy atom. The number of imidazole rings is 1. The molecule has 25 heavy (non-hydrogen) atoms. The molecule has 9 heteroatoms. The number of carbonyl (C=O) groups excluding carboxylic acids is 2. The van der Waals surface area contributed by atoms with Gasteiger partial charge in [0.05, 0.1) is 12.7 Å². The fourth-order valence-corrected chi connectivity index (χ4v) is 2.75. The number of ketones is 1. The van der Waals surface area contributed by atoms with Crippen LogP contribution in [0.15, 0.2) is 15.9 Å². The highest BCUT2D eigenvalue weighted by Gasteiger charge is 2.17. The molecule has 0 atom stereocenters. The number of hydrogen-bond acceptors (Lipinski definition) is 5. The van der Waals surface area contributed by atoms with Crippen LogP contribution in [0.2, 0.25) is 0 Å². The van der Waals surface area contributed by atoms with Gasteiger partial charge in [0, 0.05) is 33.7 Å². The third-order valence-corrected chi connectivity index (χ3v) is 4.07. The average molecular weight is 349 g/mol. The summed E-state index contributed by atoms with van der Waals surface area (Å²) in [7, 11) is 2.97. The highest BCUT2D eigenvalue weighted by atomic mass is 16.2. The van der Waals surface area contributed by atoms with Crippen molar-refractivity contribution in [2.24, 2.45) is 14.1 Å². The second-order valence-electron chi connectivity index (χ2n) is 6.08. The van der Waals surface area contributed by atoms with Gasteiger partial charge < -0.3 is 9.47 Å². The Labute approximate surface area is 144 Å². The molecule has 0 fully saturated rings. The highest BCUT2D eigenvalue weighted by Crippen LogP contribution is 2.06. The first-order chi connectivity index (χ1) is 11.8. The Hall–Kier alpha value is -2.71. The van der Waals surface area contributed by atoms with Crippen molar-refractivity contribution in [3.05, 3.63) is 27.2 Å². The summed E-state index contributed by atoms with van der Waals surface area (Å²) in [5.74, 6) is -0.401. The summed E-state index contributed by atoms with van der Waals surface area (Å²) < 4.78 is 3.99. The van der Waals surface area contributed by atoms with E-state index in [1.54, 1.807) is 16.5 Å². The zero-order valence-electron chi connectivity index (χ0n) is 15.0. The van der Waals surface area contributed by atoms with Gasteiger partial charge in [0.2, 0.25) is 5.91 Å². The predicted molar refractivity (Wildman–Crippen MR) is 92.4 cm³/mol. The quantitative estimate of drug-likeness (QED) is 0.636. The molecule has 0 unspecified atom stereocenters. The Morgan fingerprint density at radius 3 is 2.44 bits per heavy atom. The van der Waals surface area contributed by atoms with Gasteiger partial charge >= 0.3 is 5.69 Å². The SMILES string of the molecule is CCCN(CCn1cnc2c1c(=O)n(C)c(=O)n2C)C(=O)CC(C)=O. The van der Waals surface area contributed by atoms with Gasteiger partial charge in [0.1, 0.15) is 5.78 Å². The van der Waals surface area contributed by atoms with Crippen LogP contribution in [0.3, 0.4) is 0 Å². The van der Waals surface area contributed by atoms with Gasteiger partial charge in [-0.1, -0.05) is 6.92 Å². The molecule has 0 bridgehead atoms. The number of hydrogen-bond donors (Lipinski definition) is 0. The van der Waals surface area contributed by atoms with Crippen LogP contribution in [0.25, 0.3) is 11.2 Å². The topological polar surface area (TPSA) is 99.2 Å². The van der Waals surface area contributed by atoms with Gasteiger partial charge in [-0.3, -0.25) is 23.5 Å². The van der Waals surface area contributed by atoms with E-state index >= 15 is 0 Å². The fourth-order valence-electron chi connectivity index (χ4n) is 2.75. The van der Waals surface area contributed by atoms with Crippen molar-refractivity contribution in [3.63, 3.8) is 0 Å². The van der Waals surface area contributed by atoms with Crippen LogP contribution in [-0.4, -0.2) is 48.4 Å². The molecule has 0 aliphatic heterocycles. The van der Waals surface area contributed by atoms with Crippen molar-refractivity contribution in [2.75, 3.05) is 13.1 Å².